The van der Waals surface area contributed by atoms with E-state index in [9.17, 15) is 0 Å². The zero-order valence-electron chi connectivity index (χ0n) is 10.6. The summed E-state index contributed by atoms with van der Waals surface area (Å²) in [5, 5.41) is 0.283. The normalized spacial score (nSPS) is 12.3. The summed E-state index contributed by atoms with van der Waals surface area (Å²) in [7, 11) is 1.64. The van der Waals surface area contributed by atoms with Gasteiger partial charge in [0, 0.05) is 10.0 Å². The molecule has 0 fully saturated rings. The number of benzene rings is 2. The lowest BCUT2D eigenvalue weighted by Crippen LogP contribution is -1.99. The highest BCUT2D eigenvalue weighted by Gasteiger charge is 2.19. The van der Waals surface area contributed by atoms with Crippen molar-refractivity contribution in [3.63, 3.8) is 0 Å². The van der Waals surface area contributed by atoms with Crippen LogP contribution in [0.3, 0.4) is 0 Å². The molecule has 0 saturated heterocycles. The van der Waals surface area contributed by atoms with E-state index in [1.807, 2.05) is 43.3 Å². The number of alkyl halides is 1. The summed E-state index contributed by atoms with van der Waals surface area (Å²) < 4.78 is 6.21. The number of hydrogen-bond acceptors (Lipinski definition) is 1. The van der Waals surface area contributed by atoms with Crippen LogP contribution in [0.5, 0.6) is 5.75 Å². The smallest absolute Gasteiger partial charge is 0.123 e. The lowest BCUT2D eigenvalue weighted by Gasteiger charge is -2.16. The third-order valence-electron chi connectivity index (χ3n) is 2.91. The van der Waals surface area contributed by atoms with Crippen LogP contribution in [0.2, 0.25) is 5.02 Å². The van der Waals surface area contributed by atoms with Crippen molar-refractivity contribution in [1.29, 1.82) is 0 Å². The maximum absolute atomic E-state index is 6.58. The summed E-state index contributed by atoms with van der Waals surface area (Å²) in [5.41, 5.74) is 2.92. The van der Waals surface area contributed by atoms with Crippen molar-refractivity contribution in [1.82, 2.24) is 0 Å². The predicted octanol–water partition coefficient (Wildman–Crippen LogP) is 5.75. The minimum Gasteiger partial charge on any atom is -0.496 e. The summed E-state index contributed by atoms with van der Waals surface area (Å²) >= 11 is 16.3. The number of rotatable bonds is 3. The number of ether oxygens (including phenoxy) is 1. The van der Waals surface area contributed by atoms with Gasteiger partial charge in [-0.1, -0.05) is 41.4 Å². The Hall–Kier alpha value is -0.700. The molecule has 2 aromatic carbocycles. The van der Waals surface area contributed by atoms with Crippen LogP contribution in [-0.4, -0.2) is 7.11 Å². The van der Waals surface area contributed by atoms with E-state index in [0.29, 0.717) is 5.02 Å². The molecule has 19 heavy (non-hydrogen) atoms. The highest BCUT2D eigenvalue weighted by atomic mass is 79.9. The first-order valence-electron chi connectivity index (χ1n) is 5.77. The molecule has 4 heteroatoms. The zero-order valence-corrected chi connectivity index (χ0v) is 13.7. The highest BCUT2D eigenvalue weighted by molar-refractivity contribution is 9.10. The second kappa shape index (κ2) is 6.17. The van der Waals surface area contributed by atoms with E-state index in [1.165, 1.54) is 0 Å². The molecule has 0 radical (unpaired) electrons. The van der Waals surface area contributed by atoms with Gasteiger partial charge < -0.3 is 4.74 Å². The van der Waals surface area contributed by atoms with Crippen LogP contribution in [-0.2, 0) is 0 Å². The maximum Gasteiger partial charge on any atom is 0.123 e. The Morgan fingerprint density at radius 3 is 2.58 bits per heavy atom. The average molecular weight is 360 g/mol. The molecule has 1 atom stereocenters. The standard InChI is InChI=1S/C15H13BrCl2O/c1-9-6-7-13(19-2)11(8-9)14(17)10-4-3-5-12(16)15(10)18/h3-8,14H,1-2H3. The van der Waals surface area contributed by atoms with E-state index in [0.717, 1.165) is 26.9 Å². The van der Waals surface area contributed by atoms with Gasteiger partial charge in [0.15, 0.2) is 0 Å². The number of hydrogen-bond donors (Lipinski definition) is 0. The molecule has 0 spiro atoms. The molecule has 1 unspecified atom stereocenters. The van der Waals surface area contributed by atoms with Crippen molar-refractivity contribution in [3.05, 3.63) is 62.6 Å². The van der Waals surface area contributed by atoms with Crippen LogP contribution in [0, 0.1) is 6.92 Å². The number of halogens is 3. The summed E-state index contributed by atoms with van der Waals surface area (Å²) in [6.07, 6.45) is 0. The molecule has 0 heterocycles. The van der Waals surface area contributed by atoms with Crippen LogP contribution in [0.15, 0.2) is 40.9 Å². The molecule has 0 bridgehead atoms. The maximum atomic E-state index is 6.58. The zero-order chi connectivity index (χ0) is 14.0. The van der Waals surface area contributed by atoms with Crippen molar-refractivity contribution in [2.75, 3.05) is 7.11 Å². The molecule has 0 aliphatic heterocycles. The molecule has 0 saturated carbocycles. The van der Waals surface area contributed by atoms with Gasteiger partial charge in [-0.05, 0) is 40.5 Å². The van der Waals surface area contributed by atoms with Crippen LogP contribution in [0.25, 0.3) is 0 Å². The number of methoxy groups -OCH3 is 1. The quantitative estimate of drug-likeness (QED) is 0.634. The van der Waals surface area contributed by atoms with Crippen molar-refractivity contribution in [2.24, 2.45) is 0 Å². The average Bonchev–Trinajstić information content (AvgIpc) is 2.41. The van der Waals surface area contributed by atoms with Gasteiger partial charge in [0.2, 0.25) is 0 Å². The molecular formula is C15H13BrCl2O. The van der Waals surface area contributed by atoms with Gasteiger partial charge in [-0.25, -0.2) is 0 Å². The molecule has 2 rings (SSSR count). The van der Waals surface area contributed by atoms with Crippen LogP contribution in [0.4, 0.5) is 0 Å². The molecule has 100 valence electrons. The van der Waals surface area contributed by atoms with E-state index in [2.05, 4.69) is 15.9 Å². The molecule has 0 aliphatic rings. The summed E-state index contributed by atoms with van der Waals surface area (Å²) in [5.74, 6) is 0.765. The first kappa shape index (κ1) is 14.7. The van der Waals surface area contributed by atoms with E-state index >= 15 is 0 Å². The Morgan fingerprint density at radius 1 is 1.16 bits per heavy atom. The minimum atomic E-state index is -0.347. The van der Waals surface area contributed by atoms with Crippen molar-refractivity contribution in [2.45, 2.75) is 12.3 Å². The Morgan fingerprint density at radius 2 is 1.89 bits per heavy atom. The molecule has 0 aliphatic carbocycles. The van der Waals surface area contributed by atoms with E-state index in [-0.39, 0.29) is 5.38 Å². The van der Waals surface area contributed by atoms with Crippen LogP contribution < -0.4 is 4.74 Å². The Labute approximate surface area is 131 Å². The van der Waals surface area contributed by atoms with Gasteiger partial charge in [0.1, 0.15) is 5.75 Å². The van der Waals surface area contributed by atoms with Gasteiger partial charge in [0.05, 0.1) is 17.5 Å². The third-order valence-corrected chi connectivity index (χ3v) is 4.69. The molecule has 0 aromatic heterocycles. The molecule has 0 amide bonds. The largest absolute Gasteiger partial charge is 0.496 e. The Bertz CT molecular complexity index is 599. The lowest BCUT2D eigenvalue weighted by molar-refractivity contribution is 0.410. The lowest BCUT2D eigenvalue weighted by atomic mass is 10.0. The molecule has 2 aromatic rings. The minimum absolute atomic E-state index is 0.347. The fourth-order valence-electron chi connectivity index (χ4n) is 1.94. The second-order valence-corrected chi connectivity index (χ2v) is 5.92. The first-order chi connectivity index (χ1) is 9.04. The van der Waals surface area contributed by atoms with Crippen molar-refractivity contribution in [3.8, 4) is 5.75 Å². The monoisotopic (exact) mass is 358 g/mol. The highest BCUT2D eigenvalue weighted by Crippen LogP contribution is 2.40. The second-order valence-electron chi connectivity index (χ2n) is 4.25. The fraction of sp³-hybridized carbons (Fsp3) is 0.200. The predicted molar refractivity (Wildman–Crippen MR) is 84.6 cm³/mol. The SMILES string of the molecule is COc1ccc(C)cc1C(Cl)c1cccc(Br)c1Cl. The Balaban J connectivity index is 2.52. The fourth-order valence-corrected chi connectivity index (χ4v) is 2.96. The summed E-state index contributed by atoms with van der Waals surface area (Å²) in [6, 6.07) is 11.7. The van der Waals surface area contributed by atoms with Crippen LogP contribution >= 0.6 is 39.1 Å². The molecular weight excluding hydrogens is 347 g/mol. The van der Waals surface area contributed by atoms with Crippen LogP contribution in [0.1, 0.15) is 22.1 Å². The Kier molecular flexibility index (Phi) is 4.77. The molecule has 0 N–H and O–H groups in total. The third kappa shape index (κ3) is 3.07. The van der Waals surface area contributed by atoms with Crippen molar-refractivity contribution >= 4 is 39.1 Å². The van der Waals surface area contributed by atoms with Gasteiger partial charge in [-0.2, -0.15) is 0 Å². The van der Waals surface area contributed by atoms with Gasteiger partial charge in [-0.15, -0.1) is 11.6 Å². The number of aryl methyl sites for hydroxylation is 1. The first-order valence-corrected chi connectivity index (χ1v) is 7.38. The van der Waals surface area contributed by atoms with E-state index in [4.69, 9.17) is 27.9 Å². The summed E-state index contributed by atoms with van der Waals surface area (Å²) in [4.78, 5) is 0. The molecule has 1 nitrogen and oxygen atoms in total. The van der Waals surface area contributed by atoms with Gasteiger partial charge >= 0.3 is 0 Å². The summed E-state index contributed by atoms with van der Waals surface area (Å²) in [6.45, 7) is 2.02. The van der Waals surface area contributed by atoms with E-state index < -0.39 is 0 Å². The van der Waals surface area contributed by atoms with Gasteiger partial charge in [-0.3, -0.25) is 0 Å². The topological polar surface area (TPSA) is 9.23 Å². The van der Waals surface area contributed by atoms with Gasteiger partial charge in [0.25, 0.3) is 0 Å². The van der Waals surface area contributed by atoms with Crippen molar-refractivity contribution < 1.29 is 4.74 Å². The van der Waals surface area contributed by atoms with E-state index in [1.54, 1.807) is 7.11 Å².